The Morgan fingerprint density at radius 1 is 1.09 bits per heavy atom. The maximum absolute atomic E-state index is 14.6. The van der Waals surface area contributed by atoms with Crippen molar-refractivity contribution in [3.8, 4) is 0 Å². The minimum absolute atomic E-state index is 0.0430. The molecule has 1 aliphatic carbocycles. The van der Waals surface area contributed by atoms with Crippen LogP contribution in [0.5, 0.6) is 0 Å². The number of nitrogens with two attached hydrogens (primary N) is 1. The van der Waals surface area contributed by atoms with E-state index in [2.05, 4.69) is 20.6 Å². The molecule has 1 saturated heterocycles. The maximum Gasteiger partial charge on any atom is 0.224 e. The maximum atomic E-state index is 14.6. The Labute approximate surface area is 205 Å². The van der Waals surface area contributed by atoms with Crippen molar-refractivity contribution in [2.75, 3.05) is 23.8 Å². The minimum Gasteiger partial charge on any atom is -0.381 e. The van der Waals surface area contributed by atoms with E-state index in [1.165, 1.54) is 0 Å². The number of hydrogen-bond acceptors (Lipinski definition) is 7. The molecule has 2 aromatic heterocycles. The second-order valence-electron chi connectivity index (χ2n) is 9.02. The summed E-state index contributed by atoms with van der Waals surface area (Å²) in [5.41, 5.74) is 6.17. The van der Waals surface area contributed by atoms with E-state index in [1.54, 1.807) is 6.20 Å². The molecule has 5 rings (SSSR count). The molecule has 3 aromatic rings. The fraction of sp³-hybridized carbons (Fsp3) is 0.478. The molecule has 0 atom stereocenters. The fourth-order valence-electron chi connectivity index (χ4n) is 4.81. The highest BCUT2D eigenvalue weighted by Gasteiger charge is 2.30. The van der Waals surface area contributed by atoms with Crippen LogP contribution in [0.3, 0.4) is 0 Å². The quantitative estimate of drug-likeness (QED) is 0.456. The third-order valence-corrected chi connectivity index (χ3v) is 6.91. The largest absolute Gasteiger partial charge is 0.381 e. The summed E-state index contributed by atoms with van der Waals surface area (Å²) in [6, 6.07) is 2.17. The van der Waals surface area contributed by atoms with E-state index in [0.717, 1.165) is 25.0 Å². The second kappa shape index (κ2) is 9.90. The summed E-state index contributed by atoms with van der Waals surface area (Å²) in [7, 11) is 0. The summed E-state index contributed by atoms with van der Waals surface area (Å²) in [6.45, 7) is 1.35. The van der Waals surface area contributed by atoms with Crippen LogP contribution in [-0.4, -0.2) is 44.7 Å². The van der Waals surface area contributed by atoms with E-state index in [-0.39, 0.29) is 40.6 Å². The van der Waals surface area contributed by atoms with Crippen LogP contribution in [0.25, 0.3) is 11.2 Å². The molecule has 0 bridgehead atoms. The Kier molecular flexibility index (Phi) is 6.70. The van der Waals surface area contributed by atoms with Crippen LogP contribution in [0, 0.1) is 17.6 Å². The number of ether oxygens (including phenoxy) is 1. The number of fused-ring (bicyclic) bond motifs is 1. The number of nitrogens with one attached hydrogen (secondary N) is 2. The average molecular weight is 506 g/mol. The number of nitrogens with zero attached hydrogens (tertiary/aromatic N) is 4. The molecule has 1 aromatic carbocycles. The van der Waals surface area contributed by atoms with Crippen LogP contribution in [-0.2, 0) is 9.53 Å². The molecule has 9 nitrogen and oxygen atoms in total. The van der Waals surface area contributed by atoms with Gasteiger partial charge >= 0.3 is 0 Å². The van der Waals surface area contributed by atoms with Crippen LogP contribution in [0.15, 0.2) is 18.3 Å². The van der Waals surface area contributed by atoms with Gasteiger partial charge < -0.3 is 21.1 Å². The summed E-state index contributed by atoms with van der Waals surface area (Å²) in [5.74, 6) is -1.48. The highest BCUT2D eigenvalue weighted by atomic mass is 35.5. The number of benzene rings is 1. The SMILES string of the molecule is NC(=O)[C@H]1CC[C@H](n2c(Nc3c(F)cc(Cl)cc3F)nc3cnc(NC4CCOCC4)nc32)CC1. The number of primary amides is 1. The first kappa shape index (κ1) is 23.7. The molecule has 2 fully saturated rings. The highest BCUT2D eigenvalue weighted by Crippen LogP contribution is 2.37. The molecule has 3 heterocycles. The fourth-order valence-corrected chi connectivity index (χ4v) is 5.00. The lowest BCUT2D eigenvalue weighted by Crippen LogP contribution is -2.29. The standard InChI is InChI=1S/C23H26ClF2N7O2/c24-13-9-16(25)19(17(26)10-13)31-23-30-18-11-28-22(29-14-5-7-35-8-6-14)32-21(18)33(23)15-3-1-12(2-4-15)20(27)34/h9-12,14-15H,1-8H2,(H2,27,34)(H,30,31)(H,28,29,32)/t12-,15-. The van der Waals surface area contributed by atoms with Crippen molar-refractivity contribution in [3.05, 3.63) is 35.0 Å². The summed E-state index contributed by atoms with van der Waals surface area (Å²) in [5, 5.41) is 6.11. The number of aromatic nitrogens is 4. The molecule has 2 aliphatic rings. The van der Waals surface area contributed by atoms with Crippen molar-refractivity contribution in [2.24, 2.45) is 11.7 Å². The van der Waals surface area contributed by atoms with Gasteiger partial charge in [0.2, 0.25) is 17.8 Å². The molecule has 0 unspecified atom stereocenters. The zero-order valence-electron chi connectivity index (χ0n) is 18.9. The number of carbonyl (C=O) groups excluding carboxylic acids is 1. The van der Waals surface area contributed by atoms with E-state index in [1.807, 2.05) is 4.57 Å². The van der Waals surface area contributed by atoms with Gasteiger partial charge in [-0.25, -0.2) is 18.7 Å². The predicted octanol–water partition coefficient (Wildman–Crippen LogP) is 4.31. The Balaban J connectivity index is 1.52. The van der Waals surface area contributed by atoms with Gasteiger partial charge in [0.25, 0.3) is 0 Å². The number of carbonyl (C=O) groups is 1. The molecular formula is C23H26ClF2N7O2. The number of anilines is 3. The molecule has 0 radical (unpaired) electrons. The summed E-state index contributed by atoms with van der Waals surface area (Å²) in [6.07, 6.45) is 5.80. The van der Waals surface area contributed by atoms with Crippen LogP contribution >= 0.6 is 11.6 Å². The van der Waals surface area contributed by atoms with Crippen LogP contribution < -0.4 is 16.4 Å². The third-order valence-electron chi connectivity index (χ3n) is 6.70. The lowest BCUT2D eigenvalue weighted by atomic mass is 9.85. The second-order valence-corrected chi connectivity index (χ2v) is 9.45. The van der Waals surface area contributed by atoms with Gasteiger partial charge in [0.05, 0.1) is 6.20 Å². The predicted molar refractivity (Wildman–Crippen MR) is 128 cm³/mol. The van der Waals surface area contributed by atoms with E-state index in [9.17, 15) is 13.6 Å². The van der Waals surface area contributed by atoms with E-state index < -0.39 is 11.6 Å². The number of hydrogen-bond donors (Lipinski definition) is 3. The first-order chi connectivity index (χ1) is 16.9. The van der Waals surface area contributed by atoms with Gasteiger partial charge in [-0.05, 0) is 50.7 Å². The van der Waals surface area contributed by atoms with Crippen molar-refractivity contribution in [1.29, 1.82) is 0 Å². The molecule has 1 aliphatic heterocycles. The Morgan fingerprint density at radius 3 is 2.43 bits per heavy atom. The first-order valence-electron chi connectivity index (χ1n) is 11.7. The number of amides is 1. The molecule has 1 saturated carbocycles. The molecule has 1 amide bonds. The lowest BCUT2D eigenvalue weighted by Gasteiger charge is -2.29. The smallest absolute Gasteiger partial charge is 0.224 e. The first-order valence-corrected chi connectivity index (χ1v) is 12.1. The summed E-state index contributed by atoms with van der Waals surface area (Å²) in [4.78, 5) is 25.3. The molecule has 12 heteroatoms. The van der Waals surface area contributed by atoms with Crippen molar-refractivity contribution < 1.29 is 18.3 Å². The topological polar surface area (TPSA) is 120 Å². The molecule has 35 heavy (non-hydrogen) atoms. The van der Waals surface area contributed by atoms with Crippen LogP contribution in [0.1, 0.15) is 44.6 Å². The molecule has 4 N–H and O–H groups in total. The Bertz CT molecular complexity index is 1220. The van der Waals surface area contributed by atoms with Crippen LogP contribution in [0.2, 0.25) is 5.02 Å². The van der Waals surface area contributed by atoms with Gasteiger partial charge in [0.15, 0.2) is 17.3 Å². The zero-order valence-corrected chi connectivity index (χ0v) is 19.7. The van der Waals surface area contributed by atoms with Gasteiger partial charge in [0, 0.05) is 36.2 Å². The van der Waals surface area contributed by atoms with E-state index in [4.69, 9.17) is 27.1 Å². The lowest BCUT2D eigenvalue weighted by molar-refractivity contribution is -0.122. The Morgan fingerprint density at radius 2 is 1.77 bits per heavy atom. The normalized spacial score (nSPS) is 21.2. The summed E-state index contributed by atoms with van der Waals surface area (Å²) < 4.78 is 36.4. The molecular weight excluding hydrogens is 480 g/mol. The van der Waals surface area contributed by atoms with Crippen LogP contribution in [0.4, 0.5) is 26.4 Å². The summed E-state index contributed by atoms with van der Waals surface area (Å²) >= 11 is 5.78. The highest BCUT2D eigenvalue weighted by molar-refractivity contribution is 6.30. The van der Waals surface area contributed by atoms with Gasteiger partial charge in [-0.1, -0.05) is 11.6 Å². The number of imidazole rings is 1. The van der Waals surface area contributed by atoms with Crippen molar-refractivity contribution in [2.45, 2.75) is 50.6 Å². The minimum atomic E-state index is -0.834. The average Bonchev–Trinajstić information content (AvgIpc) is 3.19. The number of halogens is 3. The van der Waals surface area contributed by atoms with E-state index >= 15 is 0 Å². The molecule has 0 spiro atoms. The molecule has 186 valence electrons. The van der Waals surface area contributed by atoms with Crippen molar-refractivity contribution in [3.63, 3.8) is 0 Å². The van der Waals surface area contributed by atoms with Gasteiger partial charge in [-0.3, -0.25) is 9.36 Å². The zero-order chi connectivity index (χ0) is 24.5. The van der Waals surface area contributed by atoms with Crippen molar-refractivity contribution >= 4 is 46.3 Å². The van der Waals surface area contributed by atoms with Crippen molar-refractivity contribution in [1.82, 2.24) is 19.5 Å². The van der Waals surface area contributed by atoms with Gasteiger partial charge in [0.1, 0.15) is 11.2 Å². The monoisotopic (exact) mass is 505 g/mol. The van der Waals surface area contributed by atoms with Gasteiger partial charge in [-0.15, -0.1) is 0 Å². The van der Waals surface area contributed by atoms with E-state index in [0.29, 0.717) is 56.0 Å². The third kappa shape index (κ3) is 5.01. The Hall–Kier alpha value is -3.05. The number of rotatable bonds is 6. The van der Waals surface area contributed by atoms with Gasteiger partial charge in [-0.2, -0.15) is 4.98 Å².